The van der Waals surface area contributed by atoms with E-state index in [9.17, 15) is 8.42 Å². The van der Waals surface area contributed by atoms with E-state index in [0.29, 0.717) is 12.3 Å². The van der Waals surface area contributed by atoms with Crippen molar-refractivity contribution >= 4 is 21.1 Å². The maximum Gasteiger partial charge on any atom is 0.243 e. The molecule has 4 heterocycles. The van der Waals surface area contributed by atoms with E-state index in [1.54, 1.807) is 34.8 Å². The number of sulfonamides is 1. The highest BCUT2D eigenvalue weighted by molar-refractivity contribution is 7.89. The third kappa shape index (κ3) is 3.67. The number of methoxy groups -OCH3 is 1. The van der Waals surface area contributed by atoms with Crippen molar-refractivity contribution in [3.8, 4) is 17.0 Å². The first kappa shape index (κ1) is 20.7. The summed E-state index contributed by atoms with van der Waals surface area (Å²) in [5.74, 6) is 0.755. The Kier molecular flexibility index (Phi) is 5.22. The van der Waals surface area contributed by atoms with Gasteiger partial charge in [0.25, 0.3) is 0 Å². The molecule has 0 spiro atoms. The van der Waals surface area contributed by atoms with Gasteiger partial charge in [0.05, 0.1) is 34.9 Å². The van der Waals surface area contributed by atoms with E-state index in [1.165, 1.54) is 7.11 Å². The highest BCUT2D eigenvalue weighted by atomic mass is 32.2. The minimum Gasteiger partial charge on any atom is -0.497 e. The van der Waals surface area contributed by atoms with Crippen molar-refractivity contribution in [1.82, 2.24) is 24.1 Å². The fourth-order valence-corrected chi connectivity index (χ4v) is 6.29. The molecule has 0 amide bonds. The summed E-state index contributed by atoms with van der Waals surface area (Å²) in [6, 6.07) is 12.7. The van der Waals surface area contributed by atoms with Crippen LogP contribution in [-0.2, 0) is 16.6 Å². The van der Waals surface area contributed by atoms with E-state index in [2.05, 4.69) is 20.8 Å². The molecule has 1 fully saturated rings. The third-order valence-corrected chi connectivity index (χ3v) is 8.10. The van der Waals surface area contributed by atoms with E-state index >= 15 is 0 Å². The Morgan fingerprint density at radius 3 is 2.88 bits per heavy atom. The smallest absolute Gasteiger partial charge is 0.243 e. The molecule has 1 aliphatic heterocycles. The molecule has 0 radical (unpaired) electrons. The Labute approximate surface area is 186 Å². The molecule has 0 bridgehead atoms. The zero-order valence-corrected chi connectivity index (χ0v) is 18.8. The third-order valence-electron chi connectivity index (χ3n) is 6.13. The predicted octanol–water partition coefficient (Wildman–Crippen LogP) is 3.53. The molecule has 1 aliphatic rings. The number of nitrogens with zero attached hydrogens (tertiary/aromatic N) is 4. The quantitative estimate of drug-likeness (QED) is 0.484. The monoisotopic (exact) mass is 451 g/mol. The lowest BCUT2D eigenvalue weighted by molar-refractivity contribution is 0.397. The van der Waals surface area contributed by atoms with Crippen LogP contribution >= 0.6 is 0 Å². The molecule has 2 atom stereocenters. The van der Waals surface area contributed by atoms with Crippen molar-refractivity contribution in [3.05, 3.63) is 61.1 Å². The van der Waals surface area contributed by atoms with Gasteiger partial charge in [0, 0.05) is 43.2 Å². The van der Waals surface area contributed by atoms with Crippen molar-refractivity contribution in [2.75, 3.05) is 13.7 Å². The van der Waals surface area contributed by atoms with Gasteiger partial charge in [0.15, 0.2) is 0 Å². The summed E-state index contributed by atoms with van der Waals surface area (Å²) in [5, 5.41) is 6.80. The van der Waals surface area contributed by atoms with Gasteiger partial charge in [-0.1, -0.05) is 6.07 Å². The fourth-order valence-electron chi connectivity index (χ4n) is 4.54. The number of aromatic nitrogens is 4. The number of rotatable bonds is 6. The number of nitrogens with one attached hydrogen (secondary N) is 1. The molecule has 32 heavy (non-hydrogen) atoms. The summed E-state index contributed by atoms with van der Waals surface area (Å²) in [4.78, 5) is 5.01. The lowest BCUT2D eigenvalue weighted by Gasteiger charge is -2.21. The number of hydrogen-bond donors (Lipinski definition) is 1. The molecule has 166 valence electrons. The summed E-state index contributed by atoms with van der Waals surface area (Å²) < 4.78 is 35.5. The zero-order chi connectivity index (χ0) is 22.3. The molecule has 0 aliphatic carbocycles. The van der Waals surface area contributed by atoms with E-state index < -0.39 is 10.0 Å². The van der Waals surface area contributed by atoms with Crippen molar-refractivity contribution in [3.63, 3.8) is 0 Å². The lowest BCUT2D eigenvalue weighted by Crippen LogP contribution is -2.34. The van der Waals surface area contributed by atoms with E-state index in [0.717, 1.165) is 35.3 Å². The predicted molar refractivity (Wildman–Crippen MR) is 122 cm³/mol. The molecule has 1 N–H and O–H groups in total. The van der Waals surface area contributed by atoms with Gasteiger partial charge < -0.3 is 9.30 Å². The summed E-state index contributed by atoms with van der Waals surface area (Å²) in [5.41, 5.74) is 3.77. The molecule has 1 saturated heterocycles. The van der Waals surface area contributed by atoms with Crippen LogP contribution in [0, 0.1) is 5.92 Å². The van der Waals surface area contributed by atoms with Crippen molar-refractivity contribution in [1.29, 1.82) is 0 Å². The van der Waals surface area contributed by atoms with Crippen LogP contribution in [0.1, 0.15) is 13.3 Å². The Hall–Kier alpha value is -3.17. The fraction of sp³-hybridized carbons (Fsp3) is 0.304. The number of H-pyrrole nitrogens is 1. The highest BCUT2D eigenvalue weighted by Gasteiger charge is 2.38. The van der Waals surface area contributed by atoms with Crippen molar-refractivity contribution in [2.24, 2.45) is 5.92 Å². The van der Waals surface area contributed by atoms with Gasteiger partial charge >= 0.3 is 0 Å². The molecule has 0 saturated carbocycles. The average molecular weight is 452 g/mol. The topological polar surface area (TPSA) is 93.1 Å². The van der Waals surface area contributed by atoms with Crippen LogP contribution in [0.5, 0.6) is 5.75 Å². The Balaban J connectivity index is 1.35. The Morgan fingerprint density at radius 1 is 1.22 bits per heavy atom. The molecular formula is C23H25N5O3S. The first-order valence-electron chi connectivity index (χ1n) is 10.6. The van der Waals surface area contributed by atoms with Gasteiger partial charge in [-0.2, -0.15) is 9.40 Å². The number of pyridine rings is 1. The molecule has 3 aromatic heterocycles. The molecular weight excluding hydrogens is 426 g/mol. The molecule has 5 rings (SSSR count). The Bertz CT molecular complexity index is 1350. The van der Waals surface area contributed by atoms with Gasteiger partial charge in [-0.05, 0) is 49.6 Å². The average Bonchev–Trinajstić information content (AvgIpc) is 3.54. The second-order valence-electron chi connectivity index (χ2n) is 8.26. The van der Waals surface area contributed by atoms with Crippen LogP contribution in [0.4, 0.5) is 0 Å². The Morgan fingerprint density at radius 2 is 2.09 bits per heavy atom. The van der Waals surface area contributed by atoms with Crippen LogP contribution in [0.25, 0.3) is 22.3 Å². The van der Waals surface area contributed by atoms with Gasteiger partial charge in [-0.3, -0.25) is 5.10 Å². The van der Waals surface area contributed by atoms with Gasteiger partial charge in [-0.15, -0.1) is 0 Å². The minimum atomic E-state index is -3.58. The highest BCUT2D eigenvalue weighted by Crippen LogP contribution is 2.32. The first-order chi connectivity index (χ1) is 15.5. The van der Waals surface area contributed by atoms with Crippen LogP contribution in [-0.4, -0.2) is 52.2 Å². The number of aromatic amines is 1. The molecule has 1 aromatic carbocycles. The minimum absolute atomic E-state index is 0.0659. The number of hydrogen-bond acceptors (Lipinski definition) is 5. The molecule has 4 aromatic rings. The van der Waals surface area contributed by atoms with Crippen LogP contribution < -0.4 is 4.74 Å². The number of ether oxygens (including phenoxy) is 1. The largest absolute Gasteiger partial charge is 0.497 e. The van der Waals surface area contributed by atoms with Crippen LogP contribution in [0.2, 0.25) is 0 Å². The molecule has 1 unspecified atom stereocenters. The summed E-state index contributed by atoms with van der Waals surface area (Å²) in [7, 11) is -2.05. The normalized spacial score (nSPS) is 19.6. The zero-order valence-electron chi connectivity index (χ0n) is 18.0. The van der Waals surface area contributed by atoms with Crippen molar-refractivity contribution in [2.45, 2.75) is 30.8 Å². The van der Waals surface area contributed by atoms with E-state index in [1.807, 2.05) is 31.5 Å². The van der Waals surface area contributed by atoms with E-state index in [4.69, 9.17) is 9.72 Å². The second-order valence-corrected chi connectivity index (χ2v) is 10.2. The van der Waals surface area contributed by atoms with Gasteiger partial charge in [0.1, 0.15) is 5.75 Å². The number of fused-ring (bicyclic) bond motifs is 1. The summed E-state index contributed by atoms with van der Waals surface area (Å²) in [6.07, 6.45) is 6.41. The standard InChI is InChI=1S/C23H25N5O3S/c1-16-10-17(15-28(16)32(29,30)20-5-3-4-19(11-20)31-2)14-27-9-8-22-23(27)7-6-21(26-22)18-12-24-25-13-18/h3-9,11-13,16-17H,10,14-15H2,1-2H3,(H,24,25)/t16-,17?/m1/s1. The molecule has 9 heteroatoms. The SMILES string of the molecule is COc1cccc(S(=O)(=O)N2CC(Cn3ccc4nc(-c5cn[nH]c5)ccc43)C[C@H]2C)c1. The maximum absolute atomic E-state index is 13.3. The molecule has 8 nitrogen and oxygen atoms in total. The van der Waals surface area contributed by atoms with Crippen molar-refractivity contribution < 1.29 is 13.2 Å². The van der Waals surface area contributed by atoms with Gasteiger partial charge in [0.2, 0.25) is 10.0 Å². The van der Waals surface area contributed by atoms with Crippen LogP contribution in [0.3, 0.4) is 0 Å². The second kappa shape index (κ2) is 8.07. The first-order valence-corrected chi connectivity index (χ1v) is 12.0. The lowest BCUT2D eigenvalue weighted by atomic mass is 10.1. The maximum atomic E-state index is 13.3. The summed E-state index contributed by atoms with van der Waals surface area (Å²) in [6.45, 7) is 3.20. The number of benzene rings is 1. The van der Waals surface area contributed by atoms with E-state index in [-0.39, 0.29) is 16.9 Å². The van der Waals surface area contributed by atoms with Gasteiger partial charge in [-0.25, -0.2) is 13.4 Å². The van der Waals surface area contributed by atoms with Crippen LogP contribution in [0.15, 0.2) is 66.0 Å². The summed E-state index contributed by atoms with van der Waals surface area (Å²) >= 11 is 0.